The molecule has 1 N–H and O–H groups in total. The van der Waals surface area contributed by atoms with E-state index in [9.17, 15) is 9.18 Å². The molecule has 5 nitrogen and oxygen atoms in total. The largest absolute Gasteiger partial charge is 0.372 e. The van der Waals surface area contributed by atoms with Gasteiger partial charge in [0, 0.05) is 19.6 Å². The fourth-order valence-electron chi connectivity index (χ4n) is 3.44. The summed E-state index contributed by atoms with van der Waals surface area (Å²) >= 11 is 1.56. The molecule has 2 heterocycles. The summed E-state index contributed by atoms with van der Waals surface area (Å²) in [6.07, 6.45) is 0. The van der Waals surface area contributed by atoms with Crippen LogP contribution in [0.5, 0.6) is 0 Å². The predicted molar refractivity (Wildman–Crippen MR) is 115 cm³/mol. The van der Waals surface area contributed by atoms with E-state index in [0.717, 1.165) is 40.8 Å². The summed E-state index contributed by atoms with van der Waals surface area (Å²) < 4.78 is 19.2. The summed E-state index contributed by atoms with van der Waals surface area (Å²) in [4.78, 5) is 19.9. The Labute approximate surface area is 176 Å². The van der Waals surface area contributed by atoms with E-state index in [1.54, 1.807) is 23.9 Å². The molecular formula is C22H28FN3O2S. The molecule has 1 fully saturated rings. The number of nitrogens with zero attached hydrogens (tertiary/aromatic N) is 2. The quantitative estimate of drug-likeness (QED) is 0.715. The molecule has 1 aliphatic heterocycles. The van der Waals surface area contributed by atoms with Gasteiger partial charge < -0.3 is 15.0 Å². The maximum Gasteiger partial charge on any atom is 0.254 e. The Balaban J connectivity index is 1.83. The van der Waals surface area contributed by atoms with E-state index in [1.807, 2.05) is 19.9 Å². The number of amides is 1. The molecular weight excluding hydrogens is 389 g/mol. The maximum absolute atomic E-state index is 13.4. The first-order chi connectivity index (χ1) is 13.8. The molecule has 0 atom stereocenters. The van der Waals surface area contributed by atoms with Gasteiger partial charge in [-0.3, -0.25) is 4.79 Å². The van der Waals surface area contributed by atoms with Crippen molar-refractivity contribution in [2.75, 3.05) is 30.3 Å². The highest BCUT2D eigenvalue weighted by molar-refractivity contribution is 7.99. The molecule has 0 aliphatic carbocycles. The van der Waals surface area contributed by atoms with Crippen molar-refractivity contribution >= 4 is 23.5 Å². The SMILES string of the molecule is CCSc1nc(N2CCOC(C)(C)C2)cc(C)c1C(=O)NCc1cccc(F)c1. The standard InChI is InChI=1S/C22H28FN3O2S/c1-5-29-21-19(20(27)24-13-16-7-6-8-17(23)12-16)15(2)11-18(25-21)26-9-10-28-22(3,4)14-26/h6-8,11-12H,5,9-10,13-14H2,1-4H3,(H,24,27). The highest BCUT2D eigenvalue weighted by Gasteiger charge is 2.29. The number of halogens is 1. The molecule has 1 saturated heterocycles. The second kappa shape index (κ2) is 9.13. The number of hydrogen-bond acceptors (Lipinski definition) is 5. The topological polar surface area (TPSA) is 54.5 Å². The smallest absolute Gasteiger partial charge is 0.254 e. The zero-order valence-corrected chi connectivity index (χ0v) is 18.2. The second-order valence-electron chi connectivity index (χ2n) is 7.75. The number of benzene rings is 1. The van der Waals surface area contributed by atoms with Crippen LogP contribution >= 0.6 is 11.8 Å². The molecule has 2 aromatic rings. The van der Waals surface area contributed by atoms with Gasteiger partial charge >= 0.3 is 0 Å². The summed E-state index contributed by atoms with van der Waals surface area (Å²) in [7, 11) is 0. The van der Waals surface area contributed by atoms with Gasteiger partial charge in [-0.2, -0.15) is 0 Å². The summed E-state index contributed by atoms with van der Waals surface area (Å²) in [5, 5.41) is 3.63. The van der Waals surface area contributed by atoms with E-state index in [2.05, 4.69) is 24.1 Å². The lowest BCUT2D eigenvalue weighted by atomic mass is 10.1. The molecule has 0 saturated carbocycles. The molecule has 0 bridgehead atoms. The van der Waals surface area contributed by atoms with Crippen LogP contribution in [0, 0.1) is 12.7 Å². The van der Waals surface area contributed by atoms with Crippen molar-refractivity contribution in [2.45, 2.75) is 44.9 Å². The summed E-state index contributed by atoms with van der Waals surface area (Å²) in [5.74, 6) is 1.18. The van der Waals surface area contributed by atoms with E-state index >= 15 is 0 Å². The Bertz CT molecular complexity index is 888. The first kappa shape index (κ1) is 21.6. The number of carbonyl (C=O) groups excluding carboxylic acids is 1. The van der Waals surface area contributed by atoms with Crippen LogP contribution in [0.15, 0.2) is 35.4 Å². The lowest BCUT2D eigenvalue weighted by Gasteiger charge is -2.39. The van der Waals surface area contributed by atoms with Gasteiger partial charge in [-0.25, -0.2) is 9.37 Å². The lowest BCUT2D eigenvalue weighted by molar-refractivity contribution is -0.0279. The zero-order chi connectivity index (χ0) is 21.0. The Morgan fingerprint density at radius 1 is 1.38 bits per heavy atom. The number of thioether (sulfide) groups is 1. The lowest BCUT2D eigenvalue weighted by Crippen LogP contribution is -2.48. The molecule has 1 aliphatic rings. The summed E-state index contributed by atoms with van der Waals surface area (Å²) in [5.41, 5.74) is 1.96. The molecule has 0 radical (unpaired) electrons. The highest BCUT2D eigenvalue weighted by atomic mass is 32.2. The van der Waals surface area contributed by atoms with Crippen molar-refractivity contribution in [1.29, 1.82) is 0 Å². The van der Waals surface area contributed by atoms with Crippen LogP contribution in [0.3, 0.4) is 0 Å². The average molecular weight is 418 g/mol. The van der Waals surface area contributed by atoms with Gasteiger partial charge in [0.1, 0.15) is 16.7 Å². The number of ether oxygens (including phenoxy) is 1. The molecule has 1 aromatic heterocycles. The first-order valence-corrected chi connectivity index (χ1v) is 10.8. The van der Waals surface area contributed by atoms with Crippen molar-refractivity contribution in [3.63, 3.8) is 0 Å². The number of nitrogens with one attached hydrogen (secondary N) is 1. The third kappa shape index (κ3) is 5.48. The molecule has 0 spiro atoms. The second-order valence-corrected chi connectivity index (χ2v) is 9.01. The fraction of sp³-hybridized carbons (Fsp3) is 0.455. The molecule has 156 valence electrons. The number of morpholine rings is 1. The minimum Gasteiger partial charge on any atom is -0.372 e. The van der Waals surface area contributed by atoms with E-state index in [0.29, 0.717) is 12.2 Å². The van der Waals surface area contributed by atoms with Crippen LogP contribution in [0.25, 0.3) is 0 Å². The molecule has 1 aromatic carbocycles. The van der Waals surface area contributed by atoms with Crippen LogP contribution in [0.1, 0.15) is 42.3 Å². The third-order valence-electron chi connectivity index (χ3n) is 4.77. The molecule has 7 heteroatoms. The number of anilines is 1. The Morgan fingerprint density at radius 3 is 2.86 bits per heavy atom. The van der Waals surface area contributed by atoms with E-state index < -0.39 is 0 Å². The highest BCUT2D eigenvalue weighted by Crippen LogP contribution is 2.29. The Kier molecular flexibility index (Phi) is 6.80. The summed E-state index contributed by atoms with van der Waals surface area (Å²) in [6.45, 7) is 10.6. The summed E-state index contributed by atoms with van der Waals surface area (Å²) in [6, 6.07) is 8.22. The van der Waals surface area contributed by atoms with Crippen LogP contribution in [-0.4, -0.2) is 41.9 Å². The molecule has 29 heavy (non-hydrogen) atoms. The van der Waals surface area contributed by atoms with Crippen LogP contribution < -0.4 is 10.2 Å². The van der Waals surface area contributed by atoms with Gasteiger partial charge in [0.15, 0.2) is 0 Å². The number of pyridine rings is 1. The molecule has 3 rings (SSSR count). The van der Waals surface area contributed by atoms with Gasteiger partial charge in [0.05, 0.1) is 17.8 Å². The van der Waals surface area contributed by atoms with Gasteiger partial charge in [0.2, 0.25) is 0 Å². The van der Waals surface area contributed by atoms with Crippen molar-refractivity contribution in [1.82, 2.24) is 10.3 Å². The van der Waals surface area contributed by atoms with Gasteiger partial charge in [-0.1, -0.05) is 19.1 Å². The van der Waals surface area contributed by atoms with E-state index in [4.69, 9.17) is 9.72 Å². The van der Waals surface area contributed by atoms with Crippen LogP contribution in [-0.2, 0) is 11.3 Å². The van der Waals surface area contributed by atoms with Gasteiger partial charge in [0.25, 0.3) is 5.91 Å². The van der Waals surface area contributed by atoms with Crippen LogP contribution in [0.2, 0.25) is 0 Å². The van der Waals surface area contributed by atoms with E-state index in [-0.39, 0.29) is 23.9 Å². The van der Waals surface area contributed by atoms with Crippen LogP contribution in [0.4, 0.5) is 10.2 Å². The normalized spacial score (nSPS) is 16.0. The minimum absolute atomic E-state index is 0.191. The predicted octanol–water partition coefficient (Wildman–Crippen LogP) is 4.19. The number of hydrogen-bond donors (Lipinski definition) is 1. The Hall–Kier alpha value is -2.12. The monoisotopic (exact) mass is 417 g/mol. The zero-order valence-electron chi connectivity index (χ0n) is 17.4. The van der Waals surface area contributed by atoms with Crippen molar-refractivity contribution in [3.8, 4) is 0 Å². The molecule has 0 unspecified atom stereocenters. The minimum atomic E-state index is -0.311. The van der Waals surface area contributed by atoms with E-state index in [1.165, 1.54) is 12.1 Å². The van der Waals surface area contributed by atoms with Crippen molar-refractivity contribution in [2.24, 2.45) is 0 Å². The Morgan fingerprint density at radius 2 is 2.17 bits per heavy atom. The van der Waals surface area contributed by atoms with Crippen molar-refractivity contribution in [3.05, 3.63) is 52.8 Å². The van der Waals surface area contributed by atoms with Gasteiger partial charge in [-0.15, -0.1) is 11.8 Å². The van der Waals surface area contributed by atoms with Crippen molar-refractivity contribution < 1.29 is 13.9 Å². The first-order valence-electron chi connectivity index (χ1n) is 9.85. The number of rotatable bonds is 6. The number of aryl methyl sites for hydroxylation is 1. The average Bonchev–Trinajstić information content (AvgIpc) is 2.65. The van der Waals surface area contributed by atoms with Gasteiger partial charge in [-0.05, 0) is 55.9 Å². The third-order valence-corrected chi connectivity index (χ3v) is 5.63. The fourth-order valence-corrected chi connectivity index (χ4v) is 4.27. The molecule has 1 amide bonds. The maximum atomic E-state index is 13.4. The number of aromatic nitrogens is 1. The number of carbonyl (C=O) groups is 1.